The fourth-order valence-electron chi connectivity index (χ4n) is 2.28. The molecule has 1 unspecified atom stereocenters. The van der Waals surface area contributed by atoms with Crippen molar-refractivity contribution in [1.82, 2.24) is 0 Å². The predicted molar refractivity (Wildman–Crippen MR) is 77.7 cm³/mol. The van der Waals surface area contributed by atoms with Crippen LogP contribution in [-0.4, -0.2) is 5.37 Å². The summed E-state index contributed by atoms with van der Waals surface area (Å²) in [6, 6.07) is 15.4. The highest BCUT2D eigenvalue weighted by atomic mass is 35.7. The van der Waals surface area contributed by atoms with E-state index in [0.29, 0.717) is 4.90 Å². The van der Waals surface area contributed by atoms with Gasteiger partial charge in [-0.3, -0.25) is 0 Å². The van der Waals surface area contributed by atoms with E-state index in [1.54, 1.807) is 23.6 Å². The van der Waals surface area contributed by atoms with Gasteiger partial charge < -0.3 is 0 Å². The molecule has 0 amide bonds. The van der Waals surface area contributed by atoms with Crippen molar-refractivity contribution in [2.45, 2.75) is 11.8 Å². The molecule has 1 atom stereocenters. The van der Waals surface area contributed by atoms with Crippen molar-refractivity contribution in [2.75, 3.05) is 0 Å². The van der Waals surface area contributed by atoms with E-state index in [2.05, 4.69) is 3.74 Å². The van der Waals surface area contributed by atoms with Crippen LogP contribution in [0.15, 0.2) is 59.5 Å². The molecule has 0 spiro atoms. The van der Waals surface area contributed by atoms with Gasteiger partial charge in [-0.05, 0) is 35.8 Å². The van der Waals surface area contributed by atoms with Gasteiger partial charge in [0.05, 0.1) is 15.1 Å². The van der Waals surface area contributed by atoms with Crippen LogP contribution < -0.4 is 14.0 Å². The van der Waals surface area contributed by atoms with E-state index in [4.69, 9.17) is 0 Å². The standard InChI is InChI=1S/C16H13ClO4S/c1-12-6-8-13(9-7-12)14-10-11-22(21-17(18,19)20)16-5-3-2-4-15(14)16/h2-11H,1H3. The number of hydrogen-bond donors (Lipinski definition) is 0. The van der Waals surface area contributed by atoms with Gasteiger partial charge in [0.1, 0.15) is 14.5 Å². The minimum atomic E-state index is -4.47. The van der Waals surface area contributed by atoms with Crippen LogP contribution in [0.1, 0.15) is 16.7 Å². The molecule has 0 N–H and O–H groups in total. The molecule has 0 aromatic heterocycles. The van der Waals surface area contributed by atoms with Crippen molar-refractivity contribution in [1.29, 1.82) is 0 Å². The Morgan fingerprint density at radius 1 is 0.955 bits per heavy atom. The maximum absolute atomic E-state index is 10.9. The highest BCUT2D eigenvalue weighted by molar-refractivity contribution is 8.11. The van der Waals surface area contributed by atoms with E-state index in [0.717, 1.165) is 22.3 Å². The lowest BCUT2D eigenvalue weighted by Crippen LogP contribution is -2.60. The SMILES string of the molecule is Cc1ccc(C2=CC=S(O[Cl+3]([O-])([O-])[O-])c3ccccc32)cc1. The lowest BCUT2D eigenvalue weighted by Gasteiger charge is -2.19. The van der Waals surface area contributed by atoms with Crippen molar-refractivity contribution in [3.63, 3.8) is 0 Å². The van der Waals surface area contributed by atoms with Crippen molar-refractivity contribution >= 4 is 21.7 Å². The summed E-state index contributed by atoms with van der Waals surface area (Å²) in [5, 5.41) is 1.61. The highest BCUT2D eigenvalue weighted by Crippen LogP contribution is 2.40. The molecule has 3 rings (SSSR count). The third-order valence-corrected chi connectivity index (χ3v) is 5.59. The van der Waals surface area contributed by atoms with Crippen molar-refractivity contribution < 1.29 is 28.0 Å². The minimum Gasteiger partial charge on any atom is -0.182 e. The molecular formula is C16H13ClO4S. The van der Waals surface area contributed by atoms with Crippen molar-refractivity contribution in [3.05, 3.63) is 71.3 Å². The number of halogens is 1. The Hall–Kier alpha value is -1.47. The zero-order valence-electron chi connectivity index (χ0n) is 11.7. The summed E-state index contributed by atoms with van der Waals surface area (Å²) in [5.74, 6) is 0. The first kappa shape index (κ1) is 15.4. The average molecular weight is 337 g/mol. The maximum Gasteiger partial charge on any atom is 0.141 e. The zero-order chi connectivity index (χ0) is 15.7. The molecule has 114 valence electrons. The zero-order valence-corrected chi connectivity index (χ0v) is 13.3. The Balaban J connectivity index is 2.08. The number of fused-ring (bicyclic) bond motifs is 1. The van der Waals surface area contributed by atoms with Crippen LogP contribution in [0.2, 0.25) is 0 Å². The molecule has 1 heterocycles. The van der Waals surface area contributed by atoms with Crippen molar-refractivity contribution in [3.8, 4) is 0 Å². The van der Waals surface area contributed by atoms with Crippen LogP contribution in [0.5, 0.6) is 0 Å². The fourth-order valence-corrected chi connectivity index (χ4v) is 4.40. The summed E-state index contributed by atoms with van der Waals surface area (Å²) in [4.78, 5) is 0.688. The molecule has 0 fully saturated rings. The number of rotatable bonds is 3. The molecule has 0 bridgehead atoms. The lowest BCUT2D eigenvalue weighted by atomic mass is 9.97. The normalized spacial score (nSPS) is 17.5. The third-order valence-electron chi connectivity index (χ3n) is 3.26. The van der Waals surface area contributed by atoms with Gasteiger partial charge in [0.15, 0.2) is 0 Å². The van der Waals surface area contributed by atoms with Gasteiger partial charge in [-0.1, -0.05) is 48.0 Å². The average Bonchev–Trinajstić information content (AvgIpc) is 2.47. The van der Waals surface area contributed by atoms with E-state index >= 15 is 0 Å². The van der Waals surface area contributed by atoms with E-state index in [-0.39, 0.29) is 0 Å². The Morgan fingerprint density at radius 2 is 1.64 bits per heavy atom. The van der Waals surface area contributed by atoms with Gasteiger partial charge in [0.25, 0.3) is 0 Å². The molecule has 2 aromatic rings. The first-order chi connectivity index (χ1) is 10.4. The Kier molecular flexibility index (Phi) is 4.18. The highest BCUT2D eigenvalue weighted by Gasteiger charge is 2.27. The molecule has 0 saturated carbocycles. The summed E-state index contributed by atoms with van der Waals surface area (Å²) in [7, 11) is -5.67. The third kappa shape index (κ3) is 3.30. The molecule has 4 nitrogen and oxygen atoms in total. The van der Waals surface area contributed by atoms with E-state index < -0.39 is 21.0 Å². The van der Waals surface area contributed by atoms with E-state index in [1.807, 2.05) is 43.3 Å². The van der Waals surface area contributed by atoms with Gasteiger partial charge in [-0.15, -0.1) is 0 Å². The second kappa shape index (κ2) is 5.96. The molecule has 2 aromatic carbocycles. The second-order valence-corrected chi connectivity index (χ2v) is 7.38. The summed E-state index contributed by atoms with van der Waals surface area (Å²) in [6.45, 7) is 2.02. The number of benzene rings is 2. The largest absolute Gasteiger partial charge is 0.182 e. The van der Waals surface area contributed by atoms with Crippen LogP contribution in [0.4, 0.5) is 0 Å². The molecule has 0 aliphatic carbocycles. The topological polar surface area (TPSA) is 78.4 Å². The van der Waals surface area contributed by atoms with Gasteiger partial charge in [-0.25, -0.2) is 0 Å². The molecular weight excluding hydrogens is 324 g/mol. The quantitative estimate of drug-likeness (QED) is 0.773. The monoisotopic (exact) mass is 336 g/mol. The summed E-state index contributed by atoms with van der Waals surface area (Å²) < 4.78 is 37.2. The predicted octanol–water partition coefficient (Wildman–Crippen LogP) is 0.699. The van der Waals surface area contributed by atoms with Gasteiger partial charge in [-0.2, -0.15) is 14.0 Å². The van der Waals surface area contributed by atoms with Crippen LogP contribution in [-0.2, 0) is 3.74 Å². The Labute approximate surface area is 133 Å². The van der Waals surface area contributed by atoms with Crippen LogP contribution in [0.3, 0.4) is 0 Å². The van der Waals surface area contributed by atoms with Crippen molar-refractivity contribution in [2.24, 2.45) is 0 Å². The maximum atomic E-state index is 10.9. The number of hydrogen-bond acceptors (Lipinski definition) is 4. The number of allylic oxidation sites excluding steroid dienone is 1. The first-order valence-electron chi connectivity index (χ1n) is 6.49. The van der Waals surface area contributed by atoms with E-state index in [1.165, 1.54) is 0 Å². The summed E-state index contributed by atoms with van der Waals surface area (Å²) >= 11 is 0. The Morgan fingerprint density at radius 3 is 2.32 bits per heavy atom. The van der Waals surface area contributed by atoms with Crippen LogP contribution in [0.25, 0.3) is 5.57 Å². The van der Waals surface area contributed by atoms with Gasteiger partial charge in [0, 0.05) is 5.37 Å². The molecule has 0 radical (unpaired) electrons. The summed E-state index contributed by atoms with van der Waals surface area (Å²) in [6.07, 6.45) is 1.80. The smallest absolute Gasteiger partial charge is 0.141 e. The second-order valence-electron chi connectivity index (χ2n) is 4.82. The fraction of sp³-hybridized carbons (Fsp3) is 0.0625. The number of aryl methyl sites for hydroxylation is 1. The van der Waals surface area contributed by atoms with Gasteiger partial charge >= 0.3 is 0 Å². The molecule has 1 aliphatic heterocycles. The van der Waals surface area contributed by atoms with E-state index in [9.17, 15) is 14.0 Å². The molecule has 0 saturated heterocycles. The summed E-state index contributed by atoms with van der Waals surface area (Å²) in [5.41, 5.74) is 4.04. The lowest BCUT2D eigenvalue weighted by molar-refractivity contribution is -1.91. The van der Waals surface area contributed by atoms with Crippen LogP contribution >= 0.6 is 10.8 Å². The Bertz CT molecular complexity index is 760. The van der Waals surface area contributed by atoms with Gasteiger partial charge in [0.2, 0.25) is 0 Å². The molecule has 6 heteroatoms. The first-order valence-corrected chi connectivity index (χ1v) is 8.94. The molecule has 22 heavy (non-hydrogen) atoms. The molecule has 1 aliphatic rings. The van der Waals surface area contributed by atoms with Crippen LogP contribution in [0, 0.1) is 17.2 Å². The minimum absolute atomic E-state index is 0.688.